The maximum Gasteiger partial charge on any atom is 0.230 e. The minimum Gasteiger partial charge on any atom is -0.435 e. The van der Waals surface area contributed by atoms with E-state index in [1.165, 1.54) is 6.07 Å². The number of aryl methyl sites for hydroxylation is 2. The van der Waals surface area contributed by atoms with Gasteiger partial charge in [0, 0.05) is 16.8 Å². The highest BCUT2D eigenvalue weighted by molar-refractivity contribution is 6.06. The van der Waals surface area contributed by atoms with Gasteiger partial charge in [-0.1, -0.05) is 6.07 Å². The Labute approximate surface area is 120 Å². The molecule has 4 aromatic rings. The third kappa shape index (κ3) is 1.67. The third-order valence-electron chi connectivity index (χ3n) is 3.75. The number of benzene rings is 1. The predicted molar refractivity (Wildman–Crippen MR) is 76.7 cm³/mol. The standard InChI is InChI=1S/C16H13FN3O/c1-10-4-5-11-12-6-7-13(17)18-16(12)21-15(11)14(10)20-9-3-8-19(20)2/h3-9H,1-2H3/q+1. The number of nitrogens with zero attached hydrogens (tertiary/aromatic N) is 3. The molecule has 0 saturated carbocycles. The van der Waals surface area contributed by atoms with Gasteiger partial charge in [0.1, 0.15) is 0 Å². The molecule has 1 aromatic carbocycles. The fourth-order valence-electron chi connectivity index (χ4n) is 2.72. The zero-order valence-corrected chi connectivity index (χ0v) is 11.7. The maximum absolute atomic E-state index is 13.3. The van der Waals surface area contributed by atoms with E-state index in [0.29, 0.717) is 5.71 Å². The van der Waals surface area contributed by atoms with Gasteiger partial charge in [0.25, 0.3) is 0 Å². The van der Waals surface area contributed by atoms with Gasteiger partial charge >= 0.3 is 0 Å². The van der Waals surface area contributed by atoms with E-state index in [9.17, 15) is 4.39 Å². The van der Waals surface area contributed by atoms with Gasteiger partial charge in [-0.15, -0.1) is 9.36 Å². The molecule has 0 radical (unpaired) electrons. The van der Waals surface area contributed by atoms with Crippen molar-refractivity contribution in [3.8, 4) is 5.69 Å². The van der Waals surface area contributed by atoms with E-state index >= 15 is 0 Å². The molecular weight excluding hydrogens is 269 g/mol. The molecule has 5 heteroatoms. The molecule has 0 aliphatic carbocycles. The van der Waals surface area contributed by atoms with Gasteiger partial charge in [-0.3, -0.25) is 0 Å². The first kappa shape index (κ1) is 12.1. The Morgan fingerprint density at radius 2 is 2.00 bits per heavy atom. The summed E-state index contributed by atoms with van der Waals surface area (Å²) in [5, 5.41) is 1.76. The van der Waals surface area contributed by atoms with Gasteiger partial charge in [0.05, 0.1) is 6.20 Å². The molecule has 3 heterocycles. The second kappa shape index (κ2) is 4.15. The van der Waals surface area contributed by atoms with E-state index in [0.717, 1.165) is 27.6 Å². The fourth-order valence-corrected chi connectivity index (χ4v) is 2.72. The van der Waals surface area contributed by atoms with Gasteiger partial charge in [-0.25, -0.2) is 0 Å². The first-order chi connectivity index (χ1) is 10.1. The number of rotatable bonds is 1. The lowest BCUT2D eigenvalue weighted by molar-refractivity contribution is -0.744. The number of fused-ring (bicyclic) bond motifs is 3. The van der Waals surface area contributed by atoms with E-state index in [1.807, 2.05) is 53.9 Å². The zero-order valence-electron chi connectivity index (χ0n) is 11.7. The quantitative estimate of drug-likeness (QED) is 0.397. The topological polar surface area (TPSA) is 34.8 Å². The minimum atomic E-state index is -0.536. The van der Waals surface area contributed by atoms with Crippen molar-refractivity contribution in [1.82, 2.24) is 9.67 Å². The van der Waals surface area contributed by atoms with Crippen LogP contribution in [0.1, 0.15) is 5.56 Å². The Kier molecular flexibility index (Phi) is 2.39. The van der Waals surface area contributed by atoms with Crippen LogP contribution in [-0.2, 0) is 7.05 Å². The molecule has 4 rings (SSSR count). The Balaban J connectivity index is 2.17. The van der Waals surface area contributed by atoms with Gasteiger partial charge in [-0.2, -0.15) is 9.37 Å². The molecule has 0 atom stereocenters. The lowest BCUT2D eigenvalue weighted by Gasteiger charge is -2.05. The average molecular weight is 282 g/mol. The molecule has 4 nitrogen and oxygen atoms in total. The molecule has 21 heavy (non-hydrogen) atoms. The second-order valence-electron chi connectivity index (χ2n) is 5.11. The summed E-state index contributed by atoms with van der Waals surface area (Å²) in [6.45, 7) is 2.02. The van der Waals surface area contributed by atoms with Crippen LogP contribution in [0.15, 0.2) is 47.1 Å². The molecule has 0 amide bonds. The van der Waals surface area contributed by atoms with Crippen molar-refractivity contribution in [1.29, 1.82) is 0 Å². The second-order valence-corrected chi connectivity index (χ2v) is 5.11. The summed E-state index contributed by atoms with van der Waals surface area (Å²) in [5.41, 5.74) is 3.06. The van der Waals surface area contributed by atoms with E-state index in [-0.39, 0.29) is 0 Å². The summed E-state index contributed by atoms with van der Waals surface area (Å²) in [5.74, 6) is -0.536. The summed E-state index contributed by atoms with van der Waals surface area (Å²) in [6, 6.07) is 9.04. The number of pyridine rings is 1. The summed E-state index contributed by atoms with van der Waals surface area (Å²) in [4.78, 5) is 3.84. The molecule has 104 valence electrons. The third-order valence-corrected chi connectivity index (χ3v) is 3.75. The van der Waals surface area contributed by atoms with Crippen LogP contribution in [0.25, 0.3) is 27.8 Å². The number of furan rings is 1. The Morgan fingerprint density at radius 3 is 2.76 bits per heavy atom. The van der Waals surface area contributed by atoms with Crippen molar-refractivity contribution in [3.63, 3.8) is 0 Å². The van der Waals surface area contributed by atoms with Gasteiger partial charge in [0.15, 0.2) is 24.5 Å². The Bertz CT molecular complexity index is 984. The Morgan fingerprint density at radius 1 is 1.19 bits per heavy atom. The van der Waals surface area contributed by atoms with Crippen LogP contribution in [-0.4, -0.2) is 9.67 Å². The van der Waals surface area contributed by atoms with Gasteiger partial charge < -0.3 is 4.42 Å². The first-order valence-electron chi connectivity index (χ1n) is 6.67. The maximum atomic E-state index is 13.3. The van der Waals surface area contributed by atoms with E-state index in [2.05, 4.69) is 4.98 Å². The summed E-state index contributed by atoms with van der Waals surface area (Å²) in [7, 11) is 1.96. The first-order valence-corrected chi connectivity index (χ1v) is 6.67. The summed E-state index contributed by atoms with van der Waals surface area (Å²) >= 11 is 0. The molecule has 0 aliphatic heterocycles. The van der Waals surface area contributed by atoms with Gasteiger partial charge in [0.2, 0.25) is 11.7 Å². The van der Waals surface area contributed by atoms with E-state index in [4.69, 9.17) is 4.42 Å². The monoisotopic (exact) mass is 282 g/mol. The van der Waals surface area contributed by atoms with Gasteiger partial charge in [-0.05, 0) is 30.7 Å². The van der Waals surface area contributed by atoms with Crippen LogP contribution in [0, 0.1) is 12.9 Å². The van der Waals surface area contributed by atoms with Crippen LogP contribution < -0.4 is 4.68 Å². The Hall–Kier alpha value is -2.69. The molecular formula is C16H13FN3O+. The zero-order chi connectivity index (χ0) is 14.6. The predicted octanol–water partition coefficient (Wildman–Crippen LogP) is 3.04. The molecule has 0 N–H and O–H groups in total. The van der Waals surface area contributed by atoms with Crippen molar-refractivity contribution < 1.29 is 13.5 Å². The summed E-state index contributed by atoms with van der Waals surface area (Å²) in [6.07, 6.45) is 3.92. The van der Waals surface area contributed by atoms with Crippen molar-refractivity contribution >= 4 is 22.1 Å². The lowest BCUT2D eigenvalue weighted by Crippen LogP contribution is -2.37. The SMILES string of the molecule is Cc1ccc2c(oc3nc(F)ccc32)c1-n1ccc[n+]1C. The highest BCUT2D eigenvalue weighted by Gasteiger charge is 2.18. The molecule has 0 bridgehead atoms. The van der Waals surface area contributed by atoms with Crippen LogP contribution >= 0.6 is 0 Å². The van der Waals surface area contributed by atoms with E-state index < -0.39 is 5.95 Å². The largest absolute Gasteiger partial charge is 0.435 e. The number of aromatic nitrogens is 3. The molecule has 3 aromatic heterocycles. The fraction of sp³-hybridized carbons (Fsp3) is 0.125. The normalized spacial score (nSPS) is 11.6. The highest BCUT2D eigenvalue weighted by atomic mass is 19.1. The molecule has 0 aliphatic rings. The number of hydrogen-bond acceptors (Lipinski definition) is 2. The van der Waals surface area contributed by atoms with Crippen LogP contribution in [0.2, 0.25) is 0 Å². The van der Waals surface area contributed by atoms with E-state index in [1.54, 1.807) is 6.07 Å². The van der Waals surface area contributed by atoms with Crippen LogP contribution in [0.3, 0.4) is 0 Å². The molecule has 0 unspecified atom stereocenters. The highest BCUT2D eigenvalue weighted by Crippen LogP contribution is 2.33. The van der Waals surface area contributed by atoms with Crippen molar-refractivity contribution in [3.05, 3.63) is 54.2 Å². The van der Waals surface area contributed by atoms with Crippen LogP contribution in [0.5, 0.6) is 0 Å². The summed E-state index contributed by atoms with van der Waals surface area (Å²) < 4.78 is 23.1. The number of halogens is 1. The van der Waals surface area contributed by atoms with Crippen molar-refractivity contribution in [2.45, 2.75) is 6.92 Å². The molecule has 0 saturated heterocycles. The van der Waals surface area contributed by atoms with Crippen LogP contribution in [0.4, 0.5) is 4.39 Å². The lowest BCUT2D eigenvalue weighted by atomic mass is 10.1. The number of hydrogen-bond donors (Lipinski definition) is 0. The smallest absolute Gasteiger partial charge is 0.230 e. The van der Waals surface area contributed by atoms with Crippen molar-refractivity contribution in [2.75, 3.05) is 0 Å². The molecule has 0 fully saturated rings. The average Bonchev–Trinajstić information content (AvgIpc) is 3.01. The minimum absolute atomic E-state index is 0.326. The molecule has 0 spiro atoms. The van der Waals surface area contributed by atoms with Crippen molar-refractivity contribution in [2.24, 2.45) is 7.05 Å².